The number of carbonyl (C=O) groups is 1. The van der Waals surface area contributed by atoms with Crippen LogP contribution in [0.3, 0.4) is 0 Å². The van der Waals surface area contributed by atoms with Crippen molar-refractivity contribution >= 4 is 38.9 Å². The van der Waals surface area contributed by atoms with Crippen LogP contribution >= 0.6 is 27.3 Å². The molecule has 1 aliphatic rings. The molecule has 0 bridgehead atoms. The van der Waals surface area contributed by atoms with Crippen LogP contribution in [0.5, 0.6) is 0 Å². The quantitative estimate of drug-likeness (QED) is 0.890. The van der Waals surface area contributed by atoms with E-state index in [0.717, 1.165) is 23.1 Å². The number of fused-ring (bicyclic) bond motifs is 1. The van der Waals surface area contributed by atoms with Gasteiger partial charge in [-0.25, -0.2) is 0 Å². The minimum Gasteiger partial charge on any atom is -0.325 e. The first kappa shape index (κ1) is 14.8. The summed E-state index contributed by atoms with van der Waals surface area (Å²) in [4.78, 5) is 15.9. The molecule has 0 saturated heterocycles. The SMILES string of the molecule is C[C@H]1c2ccsc2CCN1CC(=O)Nc1cccc(Br)c1. The van der Waals surface area contributed by atoms with E-state index < -0.39 is 0 Å². The highest BCUT2D eigenvalue weighted by Gasteiger charge is 2.26. The van der Waals surface area contributed by atoms with E-state index in [1.807, 2.05) is 35.6 Å². The van der Waals surface area contributed by atoms with Crippen LogP contribution in [0.2, 0.25) is 0 Å². The number of nitrogens with one attached hydrogen (secondary N) is 1. The highest BCUT2D eigenvalue weighted by molar-refractivity contribution is 9.10. The molecule has 0 saturated carbocycles. The number of benzene rings is 1. The molecule has 0 radical (unpaired) electrons. The molecule has 1 aromatic heterocycles. The van der Waals surface area contributed by atoms with E-state index in [9.17, 15) is 4.79 Å². The minimum atomic E-state index is 0.0404. The molecule has 2 aromatic rings. The van der Waals surface area contributed by atoms with Crippen molar-refractivity contribution in [2.75, 3.05) is 18.4 Å². The smallest absolute Gasteiger partial charge is 0.238 e. The predicted molar refractivity (Wildman–Crippen MR) is 90.8 cm³/mol. The number of rotatable bonds is 3. The Kier molecular flexibility index (Phi) is 4.42. The van der Waals surface area contributed by atoms with Gasteiger partial charge in [0.15, 0.2) is 0 Å². The zero-order valence-electron chi connectivity index (χ0n) is 11.8. The van der Waals surface area contributed by atoms with Gasteiger partial charge in [-0.1, -0.05) is 22.0 Å². The summed E-state index contributed by atoms with van der Waals surface area (Å²) in [6.07, 6.45) is 1.04. The van der Waals surface area contributed by atoms with Crippen LogP contribution < -0.4 is 5.32 Å². The predicted octanol–water partition coefficient (Wildman–Crippen LogP) is 4.07. The summed E-state index contributed by atoms with van der Waals surface area (Å²) in [6, 6.07) is 10.2. The van der Waals surface area contributed by atoms with Crippen molar-refractivity contribution in [3.63, 3.8) is 0 Å². The van der Waals surface area contributed by atoms with Gasteiger partial charge in [-0.05, 0) is 48.6 Å². The van der Waals surface area contributed by atoms with Gasteiger partial charge in [-0.15, -0.1) is 11.3 Å². The maximum absolute atomic E-state index is 12.2. The second-order valence-corrected chi connectivity index (χ2v) is 7.17. The van der Waals surface area contributed by atoms with Gasteiger partial charge in [-0.2, -0.15) is 0 Å². The number of anilines is 1. The van der Waals surface area contributed by atoms with Crippen molar-refractivity contribution in [2.24, 2.45) is 0 Å². The fourth-order valence-corrected chi connectivity index (χ4v) is 4.09. The summed E-state index contributed by atoms with van der Waals surface area (Å²) >= 11 is 5.23. The van der Waals surface area contributed by atoms with Crippen molar-refractivity contribution in [3.05, 3.63) is 50.6 Å². The van der Waals surface area contributed by atoms with Crippen LogP contribution in [0, 0.1) is 0 Å². The van der Waals surface area contributed by atoms with E-state index in [0.29, 0.717) is 12.6 Å². The van der Waals surface area contributed by atoms with Crippen LogP contribution in [-0.2, 0) is 11.2 Å². The molecule has 1 atom stereocenters. The van der Waals surface area contributed by atoms with E-state index in [1.165, 1.54) is 10.4 Å². The molecule has 0 aliphatic carbocycles. The summed E-state index contributed by atoms with van der Waals surface area (Å²) in [5, 5.41) is 5.11. The first-order chi connectivity index (χ1) is 10.1. The van der Waals surface area contributed by atoms with E-state index >= 15 is 0 Å². The van der Waals surface area contributed by atoms with Gasteiger partial charge in [0.25, 0.3) is 0 Å². The Morgan fingerprint density at radius 3 is 3.14 bits per heavy atom. The van der Waals surface area contributed by atoms with Gasteiger partial charge in [0, 0.05) is 27.6 Å². The maximum Gasteiger partial charge on any atom is 0.238 e. The molecule has 2 heterocycles. The normalized spacial score (nSPS) is 18.3. The van der Waals surface area contributed by atoms with Crippen LogP contribution in [0.1, 0.15) is 23.4 Å². The number of thiophene rings is 1. The van der Waals surface area contributed by atoms with Gasteiger partial charge in [0.2, 0.25) is 5.91 Å². The van der Waals surface area contributed by atoms with E-state index in [2.05, 4.69) is 44.5 Å². The third kappa shape index (κ3) is 3.36. The lowest BCUT2D eigenvalue weighted by molar-refractivity contribution is -0.117. The Morgan fingerprint density at radius 1 is 1.48 bits per heavy atom. The number of carbonyl (C=O) groups excluding carboxylic acids is 1. The molecule has 3 nitrogen and oxygen atoms in total. The topological polar surface area (TPSA) is 32.3 Å². The summed E-state index contributed by atoms with van der Waals surface area (Å²) in [5.74, 6) is 0.0404. The molecular weight excluding hydrogens is 348 g/mol. The van der Waals surface area contributed by atoms with E-state index in [1.54, 1.807) is 0 Å². The maximum atomic E-state index is 12.2. The van der Waals surface area contributed by atoms with Gasteiger partial charge >= 0.3 is 0 Å². The Labute approximate surface area is 137 Å². The van der Waals surface area contributed by atoms with E-state index in [4.69, 9.17) is 0 Å². The largest absolute Gasteiger partial charge is 0.325 e. The number of hydrogen-bond acceptors (Lipinski definition) is 3. The standard InChI is InChI=1S/C16H17BrN2OS/c1-11-14-6-8-21-15(14)5-7-19(11)10-16(20)18-13-4-2-3-12(17)9-13/h2-4,6,8-9,11H,5,7,10H2,1H3,(H,18,20)/t11-/m0/s1. The summed E-state index contributed by atoms with van der Waals surface area (Å²) in [5.41, 5.74) is 2.21. The number of amides is 1. The van der Waals surface area contributed by atoms with Crippen molar-refractivity contribution in [3.8, 4) is 0 Å². The zero-order valence-corrected chi connectivity index (χ0v) is 14.2. The molecule has 1 aromatic carbocycles. The summed E-state index contributed by atoms with van der Waals surface area (Å²) < 4.78 is 0.967. The Balaban J connectivity index is 1.63. The van der Waals surface area contributed by atoms with Crippen molar-refractivity contribution in [1.82, 2.24) is 4.90 Å². The molecule has 1 N–H and O–H groups in total. The fourth-order valence-electron chi connectivity index (χ4n) is 2.73. The molecule has 0 unspecified atom stereocenters. The first-order valence-corrected chi connectivity index (χ1v) is 8.66. The molecule has 1 amide bonds. The third-order valence-electron chi connectivity index (χ3n) is 3.86. The lowest BCUT2D eigenvalue weighted by atomic mass is 10.0. The van der Waals surface area contributed by atoms with Crippen molar-refractivity contribution in [2.45, 2.75) is 19.4 Å². The monoisotopic (exact) mass is 364 g/mol. The lowest BCUT2D eigenvalue weighted by Gasteiger charge is -2.32. The van der Waals surface area contributed by atoms with Gasteiger partial charge < -0.3 is 5.32 Å². The molecule has 3 rings (SSSR count). The average Bonchev–Trinajstić information content (AvgIpc) is 2.91. The van der Waals surface area contributed by atoms with Crippen LogP contribution in [-0.4, -0.2) is 23.9 Å². The minimum absolute atomic E-state index is 0.0404. The molecular formula is C16H17BrN2OS. The number of hydrogen-bond donors (Lipinski definition) is 1. The second-order valence-electron chi connectivity index (χ2n) is 5.25. The molecule has 1 aliphatic heterocycles. The highest BCUT2D eigenvalue weighted by atomic mass is 79.9. The zero-order chi connectivity index (χ0) is 14.8. The number of halogens is 1. The van der Waals surface area contributed by atoms with Gasteiger partial charge in [0.05, 0.1) is 6.54 Å². The summed E-state index contributed by atoms with van der Waals surface area (Å²) in [7, 11) is 0. The first-order valence-electron chi connectivity index (χ1n) is 6.99. The number of nitrogens with zero attached hydrogens (tertiary/aromatic N) is 1. The van der Waals surface area contributed by atoms with Gasteiger partial charge in [-0.3, -0.25) is 9.69 Å². The second kappa shape index (κ2) is 6.30. The molecule has 110 valence electrons. The highest BCUT2D eigenvalue weighted by Crippen LogP contribution is 2.32. The fraction of sp³-hybridized carbons (Fsp3) is 0.312. The van der Waals surface area contributed by atoms with Crippen LogP contribution in [0.4, 0.5) is 5.69 Å². The van der Waals surface area contributed by atoms with Crippen LogP contribution in [0.15, 0.2) is 40.2 Å². The average molecular weight is 365 g/mol. The molecule has 5 heteroatoms. The van der Waals surface area contributed by atoms with Crippen molar-refractivity contribution in [1.29, 1.82) is 0 Å². The Hall–Kier alpha value is -1.17. The van der Waals surface area contributed by atoms with E-state index in [-0.39, 0.29) is 5.91 Å². The van der Waals surface area contributed by atoms with Crippen LogP contribution in [0.25, 0.3) is 0 Å². The Bertz CT molecular complexity index is 655. The third-order valence-corrected chi connectivity index (χ3v) is 5.35. The molecule has 21 heavy (non-hydrogen) atoms. The molecule has 0 spiro atoms. The van der Waals surface area contributed by atoms with Gasteiger partial charge in [0.1, 0.15) is 0 Å². The molecule has 0 fully saturated rings. The summed E-state index contributed by atoms with van der Waals surface area (Å²) in [6.45, 7) is 3.56. The lowest BCUT2D eigenvalue weighted by Crippen LogP contribution is -2.39. The van der Waals surface area contributed by atoms with Crippen molar-refractivity contribution < 1.29 is 4.79 Å². The Morgan fingerprint density at radius 2 is 2.33 bits per heavy atom.